The summed E-state index contributed by atoms with van der Waals surface area (Å²) >= 11 is 1.50. The smallest absolute Gasteiger partial charge is 0.241 e. The van der Waals surface area contributed by atoms with E-state index in [1.54, 1.807) is 0 Å². The maximum atomic E-state index is 5.91. The number of nitrogens with two attached hydrogens (primary N) is 1. The molecule has 0 radical (unpaired) electrons. The Morgan fingerprint density at radius 3 is 2.76 bits per heavy atom. The minimum Gasteiger partial charge on any atom is -0.490 e. The Morgan fingerprint density at radius 1 is 1.19 bits per heavy atom. The molecule has 0 fully saturated rings. The van der Waals surface area contributed by atoms with Crippen LogP contribution in [0, 0.1) is 0 Å². The zero-order valence-electron chi connectivity index (χ0n) is 11.4. The number of rotatable bonds is 5. The van der Waals surface area contributed by atoms with E-state index >= 15 is 0 Å². The minimum absolute atomic E-state index is 0.314. The Labute approximate surface area is 125 Å². The molecule has 2 heterocycles. The van der Waals surface area contributed by atoms with Crippen LogP contribution in [0.1, 0.15) is 6.92 Å². The number of hydrogen-bond donors (Lipinski definition) is 2. The van der Waals surface area contributed by atoms with Gasteiger partial charge in [-0.2, -0.15) is 4.98 Å². The summed E-state index contributed by atoms with van der Waals surface area (Å²) in [6, 6.07) is 9.38. The van der Waals surface area contributed by atoms with Gasteiger partial charge in [0.25, 0.3) is 0 Å². The van der Waals surface area contributed by atoms with Crippen molar-refractivity contribution in [1.29, 1.82) is 0 Å². The first-order valence-electron chi connectivity index (χ1n) is 6.43. The van der Waals surface area contributed by atoms with Crippen LogP contribution >= 0.6 is 11.3 Å². The molecule has 0 aliphatic carbocycles. The van der Waals surface area contributed by atoms with Gasteiger partial charge in [-0.05, 0) is 30.5 Å². The fourth-order valence-corrected chi connectivity index (χ4v) is 2.64. The molecule has 108 valence electrons. The first-order valence-corrected chi connectivity index (χ1v) is 7.31. The van der Waals surface area contributed by atoms with Crippen LogP contribution < -0.4 is 20.7 Å². The fraction of sp³-hybridized carbons (Fsp3) is 0.143. The van der Waals surface area contributed by atoms with Crippen molar-refractivity contribution in [2.45, 2.75) is 6.92 Å². The average molecular weight is 302 g/mol. The average Bonchev–Trinajstić information content (AvgIpc) is 2.98. The molecule has 0 unspecified atom stereocenters. The number of hydrazine groups is 1. The third-order valence-electron chi connectivity index (χ3n) is 2.77. The number of fused-ring (bicyclic) bond motifs is 1. The molecule has 0 saturated heterocycles. The highest BCUT2D eigenvalue weighted by molar-refractivity contribution is 7.16. The van der Waals surface area contributed by atoms with Crippen LogP contribution in [0.15, 0.2) is 35.7 Å². The zero-order chi connectivity index (χ0) is 14.7. The Kier molecular flexibility index (Phi) is 3.85. The van der Waals surface area contributed by atoms with Gasteiger partial charge in [0.05, 0.1) is 12.0 Å². The molecule has 3 aromatic rings. The maximum Gasteiger partial charge on any atom is 0.241 e. The highest BCUT2D eigenvalue weighted by Crippen LogP contribution is 2.35. The van der Waals surface area contributed by atoms with Crippen LogP contribution in [-0.4, -0.2) is 16.6 Å². The number of aromatic nitrogens is 2. The highest BCUT2D eigenvalue weighted by Gasteiger charge is 2.13. The Bertz CT molecular complexity index is 760. The molecule has 3 N–H and O–H groups in total. The number of para-hydroxylation sites is 2. The van der Waals surface area contributed by atoms with E-state index < -0.39 is 0 Å². The molecule has 0 bridgehead atoms. The number of thiophene rings is 1. The van der Waals surface area contributed by atoms with E-state index in [9.17, 15) is 0 Å². The van der Waals surface area contributed by atoms with Crippen LogP contribution in [0.25, 0.3) is 10.2 Å². The van der Waals surface area contributed by atoms with Crippen LogP contribution in [0.2, 0.25) is 0 Å². The predicted molar refractivity (Wildman–Crippen MR) is 82.9 cm³/mol. The summed E-state index contributed by atoms with van der Waals surface area (Å²) in [5, 5.41) is 2.77. The van der Waals surface area contributed by atoms with E-state index in [-0.39, 0.29) is 0 Å². The second kappa shape index (κ2) is 5.94. The van der Waals surface area contributed by atoms with Crippen LogP contribution in [-0.2, 0) is 0 Å². The minimum atomic E-state index is 0.314. The van der Waals surface area contributed by atoms with Crippen LogP contribution in [0.3, 0.4) is 0 Å². The topological polar surface area (TPSA) is 82.3 Å². The molecule has 0 aliphatic rings. The van der Waals surface area contributed by atoms with Crippen molar-refractivity contribution in [1.82, 2.24) is 9.97 Å². The van der Waals surface area contributed by atoms with E-state index in [1.807, 2.05) is 42.6 Å². The molecule has 1 aromatic carbocycles. The molecule has 2 aromatic heterocycles. The third-order valence-corrected chi connectivity index (χ3v) is 3.58. The lowest BCUT2D eigenvalue weighted by Crippen LogP contribution is -2.10. The van der Waals surface area contributed by atoms with Gasteiger partial charge >= 0.3 is 0 Å². The van der Waals surface area contributed by atoms with Gasteiger partial charge < -0.3 is 9.47 Å². The molecular weight excluding hydrogens is 288 g/mol. The van der Waals surface area contributed by atoms with Crippen molar-refractivity contribution >= 4 is 27.5 Å². The molecule has 0 spiro atoms. The van der Waals surface area contributed by atoms with Gasteiger partial charge in [0.15, 0.2) is 11.5 Å². The van der Waals surface area contributed by atoms with Crippen molar-refractivity contribution < 1.29 is 9.47 Å². The first-order chi connectivity index (χ1) is 10.3. The van der Waals surface area contributed by atoms with Gasteiger partial charge in [-0.15, -0.1) is 11.3 Å². The lowest BCUT2D eigenvalue weighted by molar-refractivity contribution is 0.320. The Hall–Kier alpha value is -2.38. The van der Waals surface area contributed by atoms with Gasteiger partial charge in [0.1, 0.15) is 4.83 Å². The summed E-state index contributed by atoms with van der Waals surface area (Å²) in [5.74, 6) is 7.43. The van der Waals surface area contributed by atoms with Crippen molar-refractivity contribution in [2.75, 3.05) is 12.0 Å². The number of anilines is 1. The molecule has 3 rings (SSSR count). The van der Waals surface area contributed by atoms with Gasteiger partial charge in [-0.1, -0.05) is 12.1 Å². The van der Waals surface area contributed by atoms with E-state index in [4.69, 9.17) is 15.3 Å². The van der Waals surface area contributed by atoms with E-state index in [1.165, 1.54) is 11.3 Å². The van der Waals surface area contributed by atoms with Crippen molar-refractivity contribution in [3.05, 3.63) is 35.7 Å². The Morgan fingerprint density at radius 2 is 2.00 bits per heavy atom. The van der Waals surface area contributed by atoms with Crippen molar-refractivity contribution in [2.24, 2.45) is 5.84 Å². The van der Waals surface area contributed by atoms with Crippen LogP contribution in [0.4, 0.5) is 5.95 Å². The van der Waals surface area contributed by atoms with Crippen LogP contribution in [0.5, 0.6) is 17.4 Å². The molecule has 0 saturated carbocycles. The second-order valence-electron chi connectivity index (χ2n) is 4.12. The van der Waals surface area contributed by atoms with Gasteiger partial charge in [-0.3, -0.25) is 5.43 Å². The highest BCUT2D eigenvalue weighted by atomic mass is 32.1. The second-order valence-corrected chi connectivity index (χ2v) is 5.01. The molecule has 0 aliphatic heterocycles. The van der Waals surface area contributed by atoms with Gasteiger partial charge in [0.2, 0.25) is 11.8 Å². The summed E-state index contributed by atoms with van der Waals surface area (Å²) in [7, 11) is 0. The number of nitrogens with zero attached hydrogens (tertiary/aromatic N) is 2. The van der Waals surface area contributed by atoms with Gasteiger partial charge in [-0.25, -0.2) is 10.8 Å². The molecule has 21 heavy (non-hydrogen) atoms. The molecule has 0 amide bonds. The molecule has 7 heteroatoms. The molecule has 6 nitrogen and oxygen atoms in total. The Balaban J connectivity index is 2.03. The monoisotopic (exact) mass is 302 g/mol. The molecular formula is C14H14N4O2S. The summed E-state index contributed by atoms with van der Waals surface area (Å²) < 4.78 is 11.5. The third kappa shape index (κ3) is 2.74. The van der Waals surface area contributed by atoms with E-state index in [2.05, 4.69) is 15.4 Å². The summed E-state index contributed by atoms with van der Waals surface area (Å²) in [6.45, 7) is 2.49. The quantitative estimate of drug-likeness (QED) is 0.556. The summed E-state index contributed by atoms with van der Waals surface area (Å²) in [6.07, 6.45) is 0. The number of ether oxygens (including phenoxy) is 2. The zero-order valence-corrected chi connectivity index (χ0v) is 12.2. The number of nitrogens with one attached hydrogen (secondary N) is 1. The van der Waals surface area contributed by atoms with E-state index in [0.29, 0.717) is 29.9 Å². The summed E-state index contributed by atoms with van der Waals surface area (Å²) in [5.41, 5.74) is 2.45. The number of hydrogen-bond acceptors (Lipinski definition) is 7. The van der Waals surface area contributed by atoms with E-state index in [0.717, 1.165) is 10.2 Å². The lowest BCUT2D eigenvalue weighted by Gasteiger charge is -2.11. The number of nitrogen functional groups attached to an aromatic ring is 1. The van der Waals surface area contributed by atoms with Crippen molar-refractivity contribution in [3.63, 3.8) is 0 Å². The lowest BCUT2D eigenvalue weighted by atomic mass is 10.3. The predicted octanol–water partition coefficient (Wildman–Crippen LogP) is 3.17. The standard InChI is InChI=1S/C14H14N4O2S/c1-2-19-10-5-3-4-6-11(10)20-12-9-7-8-21-13(9)17-14(16-12)18-15/h3-8H,2,15H2,1H3,(H,16,17,18). The SMILES string of the molecule is CCOc1ccccc1Oc1nc(NN)nc2sccc12. The fourth-order valence-electron chi connectivity index (χ4n) is 1.88. The van der Waals surface area contributed by atoms with Crippen molar-refractivity contribution in [3.8, 4) is 17.4 Å². The normalized spacial score (nSPS) is 10.6. The first kappa shape index (κ1) is 13.6. The van der Waals surface area contributed by atoms with Gasteiger partial charge in [0, 0.05) is 0 Å². The molecule has 0 atom stereocenters. The summed E-state index contributed by atoms with van der Waals surface area (Å²) in [4.78, 5) is 9.35. The number of benzene rings is 1. The largest absolute Gasteiger partial charge is 0.490 e. The maximum absolute atomic E-state index is 5.91.